The van der Waals surface area contributed by atoms with E-state index in [-0.39, 0.29) is 5.78 Å². The highest BCUT2D eigenvalue weighted by molar-refractivity contribution is 6.07. The van der Waals surface area contributed by atoms with Crippen molar-refractivity contribution in [2.75, 3.05) is 14.2 Å². The Bertz CT molecular complexity index is 944. The van der Waals surface area contributed by atoms with E-state index in [1.165, 1.54) is 0 Å². The number of carbonyl (C=O) groups is 1. The molecule has 3 aromatic rings. The number of hydrogen-bond acceptors (Lipinski definition) is 4. The maximum atomic E-state index is 12.4. The molecule has 0 bridgehead atoms. The summed E-state index contributed by atoms with van der Waals surface area (Å²) < 4.78 is 16.4. The van der Waals surface area contributed by atoms with Crippen LogP contribution in [0.4, 0.5) is 0 Å². The summed E-state index contributed by atoms with van der Waals surface area (Å²) >= 11 is 0. The highest BCUT2D eigenvalue weighted by atomic mass is 16.5. The van der Waals surface area contributed by atoms with Crippen LogP contribution in [0.3, 0.4) is 0 Å². The van der Waals surface area contributed by atoms with Gasteiger partial charge < -0.3 is 14.2 Å². The van der Waals surface area contributed by atoms with Crippen molar-refractivity contribution in [2.24, 2.45) is 0 Å². The second kappa shape index (κ2) is 9.42. The summed E-state index contributed by atoms with van der Waals surface area (Å²) in [4.78, 5) is 12.4. The third-order valence-electron chi connectivity index (χ3n) is 4.25. The third kappa shape index (κ3) is 5.01. The van der Waals surface area contributed by atoms with Crippen molar-refractivity contribution in [3.63, 3.8) is 0 Å². The zero-order valence-electron chi connectivity index (χ0n) is 15.9. The van der Waals surface area contributed by atoms with Crippen LogP contribution in [0.15, 0.2) is 78.9 Å². The van der Waals surface area contributed by atoms with Gasteiger partial charge in [0.2, 0.25) is 0 Å². The Hall–Kier alpha value is -3.53. The van der Waals surface area contributed by atoms with Crippen molar-refractivity contribution in [1.82, 2.24) is 0 Å². The summed E-state index contributed by atoms with van der Waals surface area (Å²) in [7, 11) is 3.20. The Morgan fingerprint density at radius 1 is 0.857 bits per heavy atom. The number of carbonyl (C=O) groups excluding carboxylic acids is 1. The monoisotopic (exact) mass is 374 g/mol. The first-order chi connectivity index (χ1) is 13.7. The normalized spacial score (nSPS) is 10.6. The number of hydrogen-bond donors (Lipinski definition) is 0. The molecule has 0 radical (unpaired) electrons. The topological polar surface area (TPSA) is 44.8 Å². The van der Waals surface area contributed by atoms with Crippen molar-refractivity contribution < 1.29 is 19.0 Å². The first kappa shape index (κ1) is 19.2. The van der Waals surface area contributed by atoms with Gasteiger partial charge in [-0.1, -0.05) is 30.3 Å². The Morgan fingerprint density at radius 3 is 2.21 bits per heavy atom. The molecule has 0 N–H and O–H groups in total. The van der Waals surface area contributed by atoms with Crippen molar-refractivity contribution in [3.8, 4) is 17.2 Å². The zero-order valence-corrected chi connectivity index (χ0v) is 15.9. The maximum absolute atomic E-state index is 12.4. The van der Waals surface area contributed by atoms with E-state index >= 15 is 0 Å². The van der Waals surface area contributed by atoms with Gasteiger partial charge >= 0.3 is 0 Å². The molecule has 3 rings (SSSR count). The number of rotatable bonds is 8. The molecule has 142 valence electrons. The second-order valence-corrected chi connectivity index (χ2v) is 6.10. The molecular formula is C24H22O4. The van der Waals surface area contributed by atoms with Gasteiger partial charge in [0.05, 0.1) is 14.2 Å². The number of ether oxygens (including phenoxy) is 3. The van der Waals surface area contributed by atoms with Crippen LogP contribution in [0, 0.1) is 0 Å². The van der Waals surface area contributed by atoms with Crippen molar-refractivity contribution in [3.05, 3.63) is 95.6 Å². The van der Waals surface area contributed by atoms with E-state index in [1.807, 2.05) is 48.5 Å². The van der Waals surface area contributed by atoms with Gasteiger partial charge in [0, 0.05) is 17.2 Å². The van der Waals surface area contributed by atoms with Crippen LogP contribution in [0.5, 0.6) is 17.2 Å². The number of ketones is 1. The lowest BCUT2D eigenvalue weighted by Gasteiger charge is -2.11. The van der Waals surface area contributed by atoms with E-state index < -0.39 is 0 Å². The molecule has 28 heavy (non-hydrogen) atoms. The molecule has 3 aromatic carbocycles. The minimum absolute atomic E-state index is 0.0903. The fraction of sp³-hybridized carbons (Fsp3) is 0.125. The Labute approximate surface area is 165 Å². The lowest BCUT2D eigenvalue weighted by Crippen LogP contribution is -1.98. The molecule has 0 saturated heterocycles. The number of allylic oxidation sites excluding steroid dienone is 1. The SMILES string of the molecule is COc1ccc(C(=O)C=Cc2ccc(OC)cc2OCc2ccccc2)cc1. The molecule has 0 saturated carbocycles. The predicted molar refractivity (Wildman–Crippen MR) is 110 cm³/mol. The van der Waals surface area contributed by atoms with E-state index in [2.05, 4.69) is 0 Å². The lowest BCUT2D eigenvalue weighted by atomic mass is 10.1. The Kier molecular flexibility index (Phi) is 6.47. The van der Waals surface area contributed by atoms with Crippen LogP contribution in [-0.4, -0.2) is 20.0 Å². The standard InChI is InChI=1S/C24H22O4/c1-26-21-12-8-19(9-13-21)23(25)15-11-20-10-14-22(27-2)16-24(20)28-17-18-6-4-3-5-7-18/h3-16H,17H2,1-2H3. The quantitative estimate of drug-likeness (QED) is 0.403. The molecule has 0 aliphatic heterocycles. The van der Waals surface area contributed by atoms with Crippen LogP contribution in [-0.2, 0) is 6.61 Å². The third-order valence-corrected chi connectivity index (χ3v) is 4.25. The molecule has 0 aromatic heterocycles. The average Bonchev–Trinajstić information content (AvgIpc) is 2.77. The van der Waals surface area contributed by atoms with Crippen molar-refractivity contribution in [2.45, 2.75) is 6.61 Å². The van der Waals surface area contributed by atoms with E-state index in [9.17, 15) is 4.79 Å². The molecule has 4 heteroatoms. The number of benzene rings is 3. The molecule has 0 aliphatic carbocycles. The van der Waals surface area contributed by atoms with E-state index in [1.54, 1.807) is 50.6 Å². The summed E-state index contributed by atoms with van der Waals surface area (Å²) in [5, 5.41) is 0. The van der Waals surface area contributed by atoms with Crippen LogP contribution < -0.4 is 14.2 Å². The van der Waals surface area contributed by atoms with Crippen LogP contribution >= 0.6 is 0 Å². The molecule has 0 unspecified atom stereocenters. The minimum atomic E-state index is -0.0903. The molecule has 0 fully saturated rings. The Balaban J connectivity index is 1.77. The first-order valence-electron chi connectivity index (χ1n) is 8.91. The molecule has 0 amide bonds. The lowest BCUT2D eigenvalue weighted by molar-refractivity contribution is 0.104. The van der Waals surface area contributed by atoms with Crippen LogP contribution in [0.25, 0.3) is 6.08 Å². The summed E-state index contributed by atoms with van der Waals surface area (Å²) in [5.41, 5.74) is 2.46. The largest absolute Gasteiger partial charge is 0.497 e. The predicted octanol–water partition coefficient (Wildman–Crippen LogP) is 5.18. The molecule has 0 heterocycles. The van der Waals surface area contributed by atoms with Gasteiger partial charge in [0.15, 0.2) is 5.78 Å². The first-order valence-corrected chi connectivity index (χ1v) is 8.91. The van der Waals surface area contributed by atoms with Gasteiger partial charge in [-0.15, -0.1) is 0 Å². The summed E-state index contributed by atoms with van der Waals surface area (Å²) in [6.45, 7) is 0.432. The van der Waals surface area contributed by atoms with Crippen LogP contribution in [0.2, 0.25) is 0 Å². The number of methoxy groups -OCH3 is 2. The molecule has 0 spiro atoms. The summed E-state index contributed by atoms with van der Waals surface area (Å²) in [6.07, 6.45) is 3.30. The molecule has 0 aliphatic rings. The minimum Gasteiger partial charge on any atom is -0.497 e. The molecule has 0 atom stereocenters. The summed E-state index contributed by atoms with van der Waals surface area (Å²) in [5.74, 6) is 1.98. The van der Waals surface area contributed by atoms with Crippen LogP contribution in [0.1, 0.15) is 21.5 Å². The van der Waals surface area contributed by atoms with Crippen molar-refractivity contribution in [1.29, 1.82) is 0 Å². The summed E-state index contributed by atoms with van der Waals surface area (Å²) in [6, 6.07) is 22.5. The van der Waals surface area contributed by atoms with Gasteiger partial charge in [-0.05, 0) is 54.1 Å². The van der Waals surface area contributed by atoms with E-state index in [0.717, 1.165) is 11.1 Å². The van der Waals surface area contributed by atoms with Crippen molar-refractivity contribution >= 4 is 11.9 Å². The maximum Gasteiger partial charge on any atom is 0.185 e. The van der Waals surface area contributed by atoms with E-state index in [4.69, 9.17) is 14.2 Å². The highest BCUT2D eigenvalue weighted by Gasteiger charge is 2.07. The molecular weight excluding hydrogens is 352 g/mol. The van der Waals surface area contributed by atoms with Gasteiger partial charge in [0.1, 0.15) is 23.9 Å². The highest BCUT2D eigenvalue weighted by Crippen LogP contribution is 2.27. The van der Waals surface area contributed by atoms with Gasteiger partial charge in [-0.25, -0.2) is 0 Å². The zero-order chi connectivity index (χ0) is 19.8. The Morgan fingerprint density at radius 2 is 1.54 bits per heavy atom. The fourth-order valence-electron chi connectivity index (χ4n) is 2.66. The smallest absolute Gasteiger partial charge is 0.185 e. The fourth-order valence-corrected chi connectivity index (χ4v) is 2.66. The van der Waals surface area contributed by atoms with Gasteiger partial charge in [-0.3, -0.25) is 4.79 Å². The second-order valence-electron chi connectivity index (χ2n) is 6.10. The van der Waals surface area contributed by atoms with E-state index in [0.29, 0.717) is 29.4 Å². The molecule has 4 nitrogen and oxygen atoms in total. The van der Waals surface area contributed by atoms with Gasteiger partial charge in [-0.2, -0.15) is 0 Å². The average molecular weight is 374 g/mol. The van der Waals surface area contributed by atoms with Gasteiger partial charge in [0.25, 0.3) is 0 Å².